The maximum atomic E-state index is 11.9. The van der Waals surface area contributed by atoms with Gasteiger partial charge in [-0.05, 0) is 91.4 Å². The van der Waals surface area contributed by atoms with Gasteiger partial charge in [0.15, 0.2) is 5.78 Å². The summed E-state index contributed by atoms with van der Waals surface area (Å²) in [5, 5.41) is 0. The zero-order chi connectivity index (χ0) is 17.1. The summed E-state index contributed by atoms with van der Waals surface area (Å²) < 4.78 is 0. The quantitative estimate of drug-likeness (QED) is 0.591. The molecule has 0 heterocycles. The molecule has 3 saturated carbocycles. The van der Waals surface area contributed by atoms with E-state index in [1.165, 1.54) is 50.5 Å². The van der Waals surface area contributed by atoms with E-state index >= 15 is 0 Å². The topological polar surface area (TPSA) is 17.1 Å². The lowest BCUT2D eigenvalue weighted by molar-refractivity contribution is -0.117. The van der Waals surface area contributed by atoms with Gasteiger partial charge in [0.1, 0.15) is 0 Å². The van der Waals surface area contributed by atoms with E-state index in [0.717, 1.165) is 42.4 Å². The maximum Gasteiger partial charge on any atom is 0.155 e. The minimum Gasteiger partial charge on any atom is -0.295 e. The fourth-order valence-corrected chi connectivity index (χ4v) is 7.82. The predicted octanol–water partition coefficient (Wildman–Crippen LogP) is 6.18. The number of carbonyl (C=O) groups is 1. The molecular weight excluding hydrogens is 292 g/mol. The molecule has 4 rings (SSSR count). The second-order valence-electron chi connectivity index (χ2n) is 10.1. The fraction of sp³-hybridized carbons (Fsp3) is 0.870. The van der Waals surface area contributed by atoms with Crippen molar-refractivity contribution in [3.63, 3.8) is 0 Å². The van der Waals surface area contributed by atoms with Crippen molar-refractivity contribution in [1.82, 2.24) is 0 Å². The first-order chi connectivity index (χ1) is 11.4. The molecule has 0 amide bonds. The maximum absolute atomic E-state index is 11.9. The third-order valence-corrected chi connectivity index (χ3v) is 9.37. The van der Waals surface area contributed by atoms with Crippen LogP contribution in [0.4, 0.5) is 0 Å². The molecule has 0 bridgehead atoms. The summed E-state index contributed by atoms with van der Waals surface area (Å²) >= 11 is 0. The predicted molar refractivity (Wildman–Crippen MR) is 99.7 cm³/mol. The van der Waals surface area contributed by atoms with Crippen LogP contribution in [0.25, 0.3) is 0 Å². The number of ketones is 1. The summed E-state index contributed by atoms with van der Waals surface area (Å²) in [5.41, 5.74) is 2.45. The van der Waals surface area contributed by atoms with Crippen molar-refractivity contribution >= 4 is 5.78 Å². The fourth-order valence-electron chi connectivity index (χ4n) is 7.82. The zero-order valence-electron chi connectivity index (χ0n) is 16.2. The van der Waals surface area contributed by atoms with E-state index < -0.39 is 0 Å². The van der Waals surface area contributed by atoms with Crippen molar-refractivity contribution < 1.29 is 4.79 Å². The van der Waals surface area contributed by atoms with Gasteiger partial charge in [-0.1, -0.05) is 39.7 Å². The van der Waals surface area contributed by atoms with Gasteiger partial charge in [-0.2, -0.15) is 0 Å². The average Bonchev–Trinajstić information content (AvgIpc) is 2.92. The van der Waals surface area contributed by atoms with Crippen LogP contribution >= 0.6 is 0 Å². The average molecular weight is 329 g/mol. The SMILES string of the molecule is CCC(C)[C@H]1CC[C@H]2[C@@H]3CCC4=CC(=O)CC[C@]4(C)[C@H]3CC[C@]12C. The molecule has 7 atom stereocenters. The van der Waals surface area contributed by atoms with Crippen molar-refractivity contribution in [3.8, 4) is 0 Å². The molecule has 0 spiro atoms. The molecule has 24 heavy (non-hydrogen) atoms. The molecule has 0 saturated heterocycles. The van der Waals surface area contributed by atoms with Crippen LogP contribution in [0.2, 0.25) is 0 Å². The number of rotatable bonds is 2. The highest BCUT2D eigenvalue weighted by Crippen LogP contribution is 2.67. The lowest BCUT2D eigenvalue weighted by Crippen LogP contribution is -2.50. The first-order valence-corrected chi connectivity index (χ1v) is 10.6. The van der Waals surface area contributed by atoms with Gasteiger partial charge in [-0.25, -0.2) is 0 Å². The smallest absolute Gasteiger partial charge is 0.155 e. The molecule has 0 radical (unpaired) electrons. The summed E-state index contributed by atoms with van der Waals surface area (Å²) in [5.74, 6) is 4.95. The van der Waals surface area contributed by atoms with E-state index in [0.29, 0.717) is 16.6 Å². The van der Waals surface area contributed by atoms with Gasteiger partial charge in [0.25, 0.3) is 0 Å². The Kier molecular flexibility index (Phi) is 4.01. The van der Waals surface area contributed by atoms with Gasteiger partial charge < -0.3 is 0 Å². The Balaban J connectivity index is 1.63. The molecule has 1 nitrogen and oxygen atoms in total. The van der Waals surface area contributed by atoms with Crippen LogP contribution in [-0.2, 0) is 4.79 Å². The van der Waals surface area contributed by atoms with E-state index in [-0.39, 0.29) is 0 Å². The van der Waals surface area contributed by atoms with E-state index in [9.17, 15) is 4.79 Å². The normalized spacial score (nSPS) is 49.0. The third-order valence-electron chi connectivity index (χ3n) is 9.37. The van der Waals surface area contributed by atoms with Crippen LogP contribution in [-0.4, -0.2) is 5.78 Å². The molecule has 4 aliphatic carbocycles. The summed E-state index contributed by atoms with van der Waals surface area (Å²) in [4.78, 5) is 11.9. The number of allylic oxidation sites excluding steroid dienone is 1. The first kappa shape index (κ1) is 16.9. The Hall–Kier alpha value is -0.590. The molecule has 0 aromatic heterocycles. The summed E-state index contributed by atoms with van der Waals surface area (Å²) in [6.45, 7) is 10.0. The van der Waals surface area contributed by atoms with Gasteiger partial charge in [0.05, 0.1) is 0 Å². The molecule has 0 aromatic rings. The van der Waals surface area contributed by atoms with Crippen LogP contribution in [0.3, 0.4) is 0 Å². The highest BCUT2D eigenvalue weighted by atomic mass is 16.1. The Bertz CT molecular complexity index is 560. The standard InChI is InChI=1S/C23H36O/c1-5-15(2)19-8-9-20-18-7-6-16-14-17(24)10-12-22(16,3)21(18)11-13-23(19,20)4/h14-15,18-21H,5-13H2,1-4H3/t15?,18-,19+,20-,21-,22-,23+/m0/s1. The van der Waals surface area contributed by atoms with Crippen LogP contribution in [0.15, 0.2) is 11.6 Å². The van der Waals surface area contributed by atoms with E-state index in [1.807, 2.05) is 6.08 Å². The third kappa shape index (κ3) is 2.22. The molecule has 0 aliphatic heterocycles. The Labute approximate surface area is 148 Å². The highest BCUT2D eigenvalue weighted by molar-refractivity contribution is 5.91. The number of hydrogen-bond donors (Lipinski definition) is 0. The van der Waals surface area contributed by atoms with Gasteiger partial charge in [-0.3, -0.25) is 4.79 Å². The Morgan fingerprint density at radius 3 is 2.62 bits per heavy atom. The first-order valence-electron chi connectivity index (χ1n) is 10.6. The van der Waals surface area contributed by atoms with Crippen molar-refractivity contribution in [2.24, 2.45) is 40.4 Å². The van der Waals surface area contributed by atoms with Crippen molar-refractivity contribution in [2.45, 2.75) is 85.5 Å². The van der Waals surface area contributed by atoms with Gasteiger partial charge in [0.2, 0.25) is 0 Å². The lowest BCUT2D eigenvalue weighted by atomic mass is 9.46. The molecule has 1 heteroatoms. The molecule has 0 N–H and O–H groups in total. The summed E-state index contributed by atoms with van der Waals surface area (Å²) in [6, 6.07) is 0. The van der Waals surface area contributed by atoms with Crippen LogP contribution < -0.4 is 0 Å². The van der Waals surface area contributed by atoms with Gasteiger partial charge >= 0.3 is 0 Å². The second kappa shape index (κ2) is 5.71. The molecule has 134 valence electrons. The minimum atomic E-state index is 0.340. The van der Waals surface area contributed by atoms with E-state index in [4.69, 9.17) is 0 Å². The van der Waals surface area contributed by atoms with Crippen molar-refractivity contribution in [2.75, 3.05) is 0 Å². The number of fused-ring (bicyclic) bond motifs is 5. The molecule has 0 aromatic carbocycles. The summed E-state index contributed by atoms with van der Waals surface area (Å²) in [6.07, 6.45) is 13.6. The van der Waals surface area contributed by atoms with Crippen molar-refractivity contribution in [1.29, 1.82) is 0 Å². The molecule has 4 aliphatic rings. The Morgan fingerprint density at radius 1 is 1.08 bits per heavy atom. The Morgan fingerprint density at radius 2 is 1.88 bits per heavy atom. The monoisotopic (exact) mass is 328 g/mol. The van der Waals surface area contributed by atoms with Crippen LogP contribution in [0.5, 0.6) is 0 Å². The second-order valence-corrected chi connectivity index (χ2v) is 10.1. The van der Waals surface area contributed by atoms with Gasteiger partial charge in [0, 0.05) is 6.42 Å². The highest BCUT2D eigenvalue weighted by Gasteiger charge is 2.59. The van der Waals surface area contributed by atoms with Crippen LogP contribution in [0.1, 0.15) is 85.5 Å². The molecule has 3 fully saturated rings. The molecule has 1 unspecified atom stereocenters. The van der Waals surface area contributed by atoms with Crippen LogP contribution in [0, 0.1) is 40.4 Å². The lowest BCUT2D eigenvalue weighted by Gasteiger charge is -2.58. The molecular formula is C23H36O. The minimum absolute atomic E-state index is 0.340. The number of hydrogen-bond acceptors (Lipinski definition) is 1. The largest absolute Gasteiger partial charge is 0.295 e. The zero-order valence-corrected chi connectivity index (χ0v) is 16.2. The summed E-state index contributed by atoms with van der Waals surface area (Å²) in [7, 11) is 0. The van der Waals surface area contributed by atoms with Gasteiger partial charge in [-0.15, -0.1) is 0 Å². The van der Waals surface area contributed by atoms with E-state index in [1.54, 1.807) is 0 Å². The number of carbonyl (C=O) groups excluding carboxylic acids is 1. The van der Waals surface area contributed by atoms with Crippen molar-refractivity contribution in [3.05, 3.63) is 11.6 Å². The van der Waals surface area contributed by atoms with E-state index in [2.05, 4.69) is 27.7 Å².